The van der Waals surface area contributed by atoms with Crippen LogP contribution in [0.2, 0.25) is 0 Å². The van der Waals surface area contributed by atoms with E-state index in [-0.39, 0.29) is 0 Å². The molecule has 2 aromatic heterocycles. The predicted molar refractivity (Wildman–Crippen MR) is 211 cm³/mol. The fourth-order valence-corrected chi connectivity index (χ4v) is 8.63. The number of benzene rings is 8. The Morgan fingerprint density at radius 2 is 1.00 bits per heavy atom. The molecule has 0 fully saturated rings. The molecule has 8 aromatic carbocycles. The maximum atomic E-state index is 2.42. The van der Waals surface area contributed by atoms with E-state index in [0.717, 1.165) is 22.7 Å². The van der Waals surface area contributed by atoms with Crippen molar-refractivity contribution in [1.82, 2.24) is 4.57 Å². The quantitative estimate of drug-likeness (QED) is 0.181. The molecule has 0 amide bonds. The zero-order chi connectivity index (χ0) is 32.3. The smallest absolute Gasteiger partial charge is 0.0620 e. The molecule has 0 radical (unpaired) electrons. The Kier molecular flexibility index (Phi) is 6.39. The average molecular weight is 643 g/mol. The minimum Gasteiger partial charge on any atom is -0.310 e. The van der Waals surface area contributed by atoms with Gasteiger partial charge in [-0.1, -0.05) is 115 Å². The van der Waals surface area contributed by atoms with Crippen molar-refractivity contribution < 1.29 is 0 Å². The molecular weight excluding hydrogens is 613 g/mol. The Labute approximate surface area is 288 Å². The molecule has 10 rings (SSSR count). The molecule has 3 heteroatoms. The average Bonchev–Trinajstić information content (AvgIpc) is 3.72. The van der Waals surface area contributed by atoms with E-state index in [2.05, 4.69) is 191 Å². The Hall–Kier alpha value is -6.16. The lowest BCUT2D eigenvalue weighted by molar-refractivity contribution is 1.19. The van der Waals surface area contributed by atoms with Gasteiger partial charge in [0.05, 0.1) is 11.0 Å². The number of para-hydroxylation sites is 3. The molecule has 0 saturated carbocycles. The van der Waals surface area contributed by atoms with Crippen LogP contribution in [0.3, 0.4) is 0 Å². The van der Waals surface area contributed by atoms with Crippen LogP contribution in [-0.2, 0) is 0 Å². The summed E-state index contributed by atoms with van der Waals surface area (Å²) in [7, 11) is 0. The Morgan fingerprint density at radius 1 is 0.388 bits per heavy atom. The number of aromatic nitrogens is 1. The molecule has 0 bridgehead atoms. The van der Waals surface area contributed by atoms with Crippen molar-refractivity contribution in [2.24, 2.45) is 0 Å². The second-order valence-corrected chi connectivity index (χ2v) is 13.7. The molecule has 0 atom stereocenters. The SMILES string of the molecule is c1ccc(N(c2ccc(-c3ccc4c(c3)sc3ccccc34)cc2)c2ccc3ccc4c5ccccc5n(-c5ccccc5)c4c3c2)cc1. The van der Waals surface area contributed by atoms with Gasteiger partial charge in [-0.15, -0.1) is 11.3 Å². The zero-order valence-corrected chi connectivity index (χ0v) is 27.4. The molecule has 10 aromatic rings. The van der Waals surface area contributed by atoms with E-state index in [1.807, 2.05) is 11.3 Å². The lowest BCUT2D eigenvalue weighted by Gasteiger charge is -2.26. The summed E-state index contributed by atoms with van der Waals surface area (Å²) in [5.74, 6) is 0. The highest BCUT2D eigenvalue weighted by atomic mass is 32.1. The molecule has 2 nitrogen and oxygen atoms in total. The van der Waals surface area contributed by atoms with Gasteiger partial charge in [-0.3, -0.25) is 0 Å². The van der Waals surface area contributed by atoms with Crippen LogP contribution in [0.15, 0.2) is 182 Å². The number of nitrogens with zero attached hydrogens (tertiary/aromatic N) is 2. The first-order chi connectivity index (χ1) is 24.3. The number of rotatable bonds is 5. The van der Waals surface area contributed by atoms with Gasteiger partial charge in [-0.2, -0.15) is 0 Å². The van der Waals surface area contributed by atoms with Gasteiger partial charge in [0.25, 0.3) is 0 Å². The topological polar surface area (TPSA) is 8.17 Å². The third kappa shape index (κ3) is 4.55. The molecule has 0 saturated heterocycles. The van der Waals surface area contributed by atoms with Crippen LogP contribution in [0.25, 0.3) is 69.6 Å². The van der Waals surface area contributed by atoms with E-state index in [1.165, 1.54) is 63.9 Å². The summed E-state index contributed by atoms with van der Waals surface area (Å²) >= 11 is 1.87. The molecule has 0 spiro atoms. The number of hydrogen-bond acceptors (Lipinski definition) is 2. The van der Waals surface area contributed by atoms with E-state index in [9.17, 15) is 0 Å². The van der Waals surface area contributed by atoms with Crippen molar-refractivity contribution in [1.29, 1.82) is 0 Å². The molecule has 0 aliphatic heterocycles. The summed E-state index contributed by atoms with van der Waals surface area (Å²) in [6.07, 6.45) is 0. The van der Waals surface area contributed by atoms with Crippen molar-refractivity contribution in [2.75, 3.05) is 4.90 Å². The highest BCUT2D eigenvalue weighted by Crippen LogP contribution is 2.42. The highest BCUT2D eigenvalue weighted by molar-refractivity contribution is 7.25. The fraction of sp³-hybridized carbons (Fsp3) is 0. The first kappa shape index (κ1) is 27.9. The standard InChI is InChI=1S/C46H30N2S/c1-3-11-34(12-4-1)47(36-24-19-31(20-25-36)33-23-27-40-39-16-8-10-18-44(39)49-45(40)29-33)37-26-21-32-22-28-41-38-15-7-9-17-43(38)48(46(41)42(32)30-37)35-13-5-2-6-14-35/h1-30H. The molecule has 0 aliphatic rings. The second-order valence-electron chi connectivity index (χ2n) is 12.6. The van der Waals surface area contributed by atoms with Gasteiger partial charge in [-0.25, -0.2) is 0 Å². The molecule has 0 N–H and O–H groups in total. The van der Waals surface area contributed by atoms with Crippen LogP contribution in [0, 0.1) is 0 Å². The number of hydrogen-bond donors (Lipinski definition) is 0. The maximum absolute atomic E-state index is 2.42. The molecule has 230 valence electrons. The zero-order valence-electron chi connectivity index (χ0n) is 26.6. The molecule has 2 heterocycles. The number of fused-ring (bicyclic) bond motifs is 8. The van der Waals surface area contributed by atoms with E-state index >= 15 is 0 Å². The van der Waals surface area contributed by atoms with Gasteiger partial charge in [0.2, 0.25) is 0 Å². The van der Waals surface area contributed by atoms with Gasteiger partial charge in [0.15, 0.2) is 0 Å². The first-order valence-corrected chi connectivity index (χ1v) is 17.5. The van der Waals surface area contributed by atoms with Crippen molar-refractivity contribution in [3.05, 3.63) is 182 Å². The summed E-state index contributed by atoms with van der Waals surface area (Å²) in [4.78, 5) is 2.37. The van der Waals surface area contributed by atoms with Gasteiger partial charge in [0.1, 0.15) is 0 Å². The largest absolute Gasteiger partial charge is 0.310 e. The fourth-order valence-electron chi connectivity index (χ4n) is 7.48. The summed E-state index contributed by atoms with van der Waals surface area (Å²) in [6, 6.07) is 66.1. The molecule has 49 heavy (non-hydrogen) atoms. The van der Waals surface area contributed by atoms with Gasteiger partial charge >= 0.3 is 0 Å². The third-order valence-corrected chi connectivity index (χ3v) is 10.9. The van der Waals surface area contributed by atoms with Gasteiger partial charge in [0, 0.05) is 59.1 Å². The lowest BCUT2D eigenvalue weighted by atomic mass is 10.0. The summed E-state index contributed by atoms with van der Waals surface area (Å²) in [5, 5.41) is 7.63. The van der Waals surface area contributed by atoms with E-state index in [4.69, 9.17) is 0 Å². The predicted octanol–water partition coefficient (Wildman–Crippen LogP) is 13.4. The van der Waals surface area contributed by atoms with Crippen molar-refractivity contribution >= 4 is 81.1 Å². The van der Waals surface area contributed by atoms with Crippen LogP contribution in [0.1, 0.15) is 0 Å². The molecule has 0 unspecified atom stereocenters. The summed E-state index contributed by atoms with van der Waals surface area (Å²) in [6.45, 7) is 0. The van der Waals surface area contributed by atoms with Crippen molar-refractivity contribution in [2.45, 2.75) is 0 Å². The summed E-state index contributed by atoms with van der Waals surface area (Å²) in [5.41, 5.74) is 9.41. The second kappa shape index (κ2) is 11.2. The highest BCUT2D eigenvalue weighted by Gasteiger charge is 2.18. The van der Waals surface area contributed by atoms with Crippen molar-refractivity contribution in [3.8, 4) is 16.8 Å². The van der Waals surface area contributed by atoms with E-state index in [1.54, 1.807) is 0 Å². The Balaban J connectivity index is 1.13. The van der Waals surface area contributed by atoms with Crippen LogP contribution in [0.5, 0.6) is 0 Å². The minimum absolute atomic E-state index is 1.12. The molecular formula is C46H30N2S. The summed E-state index contributed by atoms with van der Waals surface area (Å²) < 4.78 is 5.08. The van der Waals surface area contributed by atoms with E-state index in [0.29, 0.717) is 0 Å². The van der Waals surface area contributed by atoms with Crippen LogP contribution < -0.4 is 4.90 Å². The maximum Gasteiger partial charge on any atom is 0.0620 e. The number of thiophene rings is 1. The Morgan fingerprint density at radius 3 is 1.84 bits per heavy atom. The lowest BCUT2D eigenvalue weighted by Crippen LogP contribution is -2.09. The first-order valence-electron chi connectivity index (χ1n) is 16.7. The van der Waals surface area contributed by atoms with Gasteiger partial charge < -0.3 is 9.47 Å². The normalized spacial score (nSPS) is 11.7. The van der Waals surface area contributed by atoms with Crippen LogP contribution >= 0.6 is 11.3 Å². The van der Waals surface area contributed by atoms with Crippen LogP contribution in [0.4, 0.5) is 17.1 Å². The monoisotopic (exact) mass is 642 g/mol. The third-order valence-electron chi connectivity index (χ3n) is 9.76. The number of anilines is 3. The van der Waals surface area contributed by atoms with Crippen molar-refractivity contribution in [3.63, 3.8) is 0 Å². The van der Waals surface area contributed by atoms with E-state index < -0.39 is 0 Å². The van der Waals surface area contributed by atoms with Crippen LogP contribution in [-0.4, -0.2) is 4.57 Å². The minimum atomic E-state index is 1.12. The van der Waals surface area contributed by atoms with Gasteiger partial charge in [-0.05, 0) is 83.2 Å². The molecule has 0 aliphatic carbocycles. The Bertz CT molecular complexity index is 2810.